The Morgan fingerprint density at radius 2 is 0.333 bits per heavy atom. The highest BCUT2D eigenvalue weighted by Gasteiger charge is 2.14. The Hall–Kier alpha value is 0. The smallest absolute Gasteiger partial charge is 0.0443 e. The molecule has 0 bridgehead atoms. The Kier molecular flexibility index (Phi) is 21.2. The van der Waals surface area contributed by atoms with Gasteiger partial charge in [0.15, 0.2) is 0 Å². The van der Waals surface area contributed by atoms with E-state index >= 15 is 0 Å². The molecule has 3 aliphatic carbocycles. The largest absolute Gasteiger partial charge is 0.0776 e. The second-order valence-electron chi connectivity index (χ2n) is 10.1. The fourth-order valence-corrected chi connectivity index (χ4v) is 4.28. The van der Waals surface area contributed by atoms with Crippen LogP contribution in [0, 0.1) is 35.5 Å². The molecule has 0 N–H and O–H groups in total. The zero-order valence-corrected chi connectivity index (χ0v) is 17.9. The van der Waals surface area contributed by atoms with Crippen LogP contribution >= 0.6 is 0 Å². The first kappa shape index (κ1) is 31.7. The molecule has 168 valence electrons. The molecule has 0 saturated heterocycles. The topological polar surface area (TPSA) is 0 Å². The molecule has 0 spiro atoms. The predicted molar refractivity (Wildman–Crippen MR) is 131 cm³/mol. The van der Waals surface area contributed by atoms with Gasteiger partial charge in [-0.3, -0.25) is 0 Å². The van der Waals surface area contributed by atoms with Crippen LogP contribution in [-0.4, -0.2) is 0 Å². The molecule has 0 atom stereocenters. The molecular formula is C27H60. The maximum Gasteiger partial charge on any atom is -0.0443 e. The molecule has 0 heteroatoms. The number of rotatable bonds is 0. The lowest BCUT2D eigenvalue weighted by molar-refractivity contribution is 0.308. The van der Waals surface area contributed by atoms with E-state index in [1.807, 2.05) is 0 Å². The molecule has 0 aromatic heterocycles. The Balaban J connectivity index is -0.000000303. The van der Waals surface area contributed by atoms with Crippen LogP contribution in [-0.2, 0) is 0 Å². The van der Waals surface area contributed by atoms with Gasteiger partial charge in [-0.15, -0.1) is 0 Å². The summed E-state index contributed by atoms with van der Waals surface area (Å²) in [5.74, 6) is 6.12. The van der Waals surface area contributed by atoms with Crippen molar-refractivity contribution in [2.75, 3.05) is 0 Å². The molecule has 27 heavy (non-hydrogen) atoms. The van der Waals surface area contributed by atoms with E-state index in [-0.39, 0.29) is 22.3 Å². The van der Waals surface area contributed by atoms with E-state index in [0.717, 1.165) is 35.5 Å². The molecule has 3 rings (SSSR count). The van der Waals surface area contributed by atoms with Crippen molar-refractivity contribution < 1.29 is 0 Å². The Morgan fingerprint density at radius 1 is 0.259 bits per heavy atom. The Morgan fingerprint density at radius 3 is 0.407 bits per heavy atom. The average molecular weight is 385 g/mol. The summed E-state index contributed by atoms with van der Waals surface area (Å²) in [6.07, 6.45) is 17.7. The van der Waals surface area contributed by atoms with Gasteiger partial charge < -0.3 is 0 Å². The summed E-state index contributed by atoms with van der Waals surface area (Å²) < 4.78 is 0. The number of hydrogen-bond acceptors (Lipinski definition) is 0. The summed E-state index contributed by atoms with van der Waals surface area (Å²) in [7, 11) is 0. The van der Waals surface area contributed by atoms with Gasteiger partial charge in [0.05, 0.1) is 0 Å². The molecule has 0 aromatic carbocycles. The lowest BCUT2D eigenvalue weighted by Crippen LogP contribution is -2.08. The van der Waals surface area contributed by atoms with Crippen molar-refractivity contribution in [3.63, 3.8) is 0 Å². The molecular weight excluding hydrogens is 324 g/mol. The van der Waals surface area contributed by atoms with Gasteiger partial charge >= 0.3 is 0 Å². The third-order valence-electron chi connectivity index (χ3n) is 6.91. The second-order valence-corrected chi connectivity index (χ2v) is 10.1. The third kappa shape index (κ3) is 16.6. The van der Waals surface area contributed by atoms with Crippen LogP contribution in [0.4, 0.5) is 0 Å². The zero-order valence-electron chi connectivity index (χ0n) is 17.9. The summed E-state index contributed by atoms with van der Waals surface area (Å²) in [4.78, 5) is 0. The van der Waals surface area contributed by atoms with Gasteiger partial charge in [-0.2, -0.15) is 0 Å². The van der Waals surface area contributed by atoms with Crippen LogP contribution in [0.15, 0.2) is 0 Å². The van der Waals surface area contributed by atoms with E-state index in [4.69, 9.17) is 0 Å². The van der Waals surface area contributed by atoms with Crippen molar-refractivity contribution in [2.24, 2.45) is 35.5 Å². The summed E-state index contributed by atoms with van der Waals surface area (Å²) in [6, 6.07) is 0. The normalized spacial score (nSPS) is 35.3. The van der Waals surface area contributed by atoms with Crippen LogP contribution in [0.1, 0.15) is 141 Å². The second kappa shape index (κ2) is 18.1. The Labute approximate surface area is 176 Å². The van der Waals surface area contributed by atoms with Gasteiger partial charge in [-0.25, -0.2) is 0 Å². The first-order valence-corrected chi connectivity index (χ1v) is 11.4. The summed E-state index contributed by atoms with van der Waals surface area (Å²) in [6.45, 7) is 14.2. The minimum Gasteiger partial charge on any atom is -0.0776 e. The standard InChI is InChI=1S/3C8H16.3CH4/c3*1-7-3-5-8(2)6-4-7;;;/h3*7-8H,3-6H2,1-2H3;3*1H4. The predicted octanol–water partition coefficient (Wildman–Crippen LogP) is 10.4. The molecule has 3 saturated carbocycles. The van der Waals surface area contributed by atoms with E-state index in [9.17, 15) is 0 Å². The Bertz CT molecular complexity index is 193. The third-order valence-corrected chi connectivity index (χ3v) is 6.91. The highest BCUT2D eigenvalue weighted by molar-refractivity contribution is 4.67. The fourth-order valence-electron chi connectivity index (χ4n) is 4.28. The van der Waals surface area contributed by atoms with Crippen LogP contribution < -0.4 is 0 Å². The van der Waals surface area contributed by atoms with Crippen molar-refractivity contribution in [1.29, 1.82) is 0 Å². The van der Waals surface area contributed by atoms with E-state index < -0.39 is 0 Å². The summed E-state index contributed by atoms with van der Waals surface area (Å²) in [5.41, 5.74) is 0. The first-order chi connectivity index (χ1) is 11.4. The zero-order chi connectivity index (χ0) is 17.9. The van der Waals surface area contributed by atoms with Gasteiger partial charge in [-0.05, 0) is 35.5 Å². The minimum absolute atomic E-state index is 0. The monoisotopic (exact) mass is 384 g/mol. The van der Waals surface area contributed by atoms with Crippen LogP contribution in [0.5, 0.6) is 0 Å². The molecule has 0 heterocycles. The average Bonchev–Trinajstić information content (AvgIpc) is 2.57. The van der Waals surface area contributed by atoms with Gasteiger partial charge in [0, 0.05) is 0 Å². The molecule has 0 aliphatic heterocycles. The van der Waals surface area contributed by atoms with Gasteiger partial charge in [0.1, 0.15) is 0 Å². The van der Waals surface area contributed by atoms with Crippen molar-refractivity contribution in [3.8, 4) is 0 Å². The van der Waals surface area contributed by atoms with E-state index in [0.29, 0.717) is 0 Å². The van der Waals surface area contributed by atoms with Crippen molar-refractivity contribution in [2.45, 2.75) is 141 Å². The first-order valence-electron chi connectivity index (χ1n) is 11.4. The van der Waals surface area contributed by atoms with Crippen molar-refractivity contribution >= 4 is 0 Å². The highest BCUT2D eigenvalue weighted by Crippen LogP contribution is 2.28. The fraction of sp³-hybridized carbons (Fsp3) is 1.00. The SMILES string of the molecule is C.C.C.CC1CCC(C)CC1.CC1CCC(C)CC1.CC1CCC(C)CC1. The van der Waals surface area contributed by atoms with Crippen LogP contribution in [0.2, 0.25) is 0 Å². The molecule has 0 radical (unpaired) electrons. The quantitative estimate of drug-likeness (QED) is 0.389. The van der Waals surface area contributed by atoms with Crippen LogP contribution in [0.25, 0.3) is 0 Å². The van der Waals surface area contributed by atoms with Gasteiger partial charge in [-0.1, -0.05) is 141 Å². The number of hydrogen-bond donors (Lipinski definition) is 0. The van der Waals surface area contributed by atoms with Crippen LogP contribution in [0.3, 0.4) is 0 Å². The van der Waals surface area contributed by atoms with Crippen molar-refractivity contribution in [1.82, 2.24) is 0 Å². The molecule has 0 unspecified atom stereocenters. The molecule has 3 fully saturated rings. The highest BCUT2D eigenvalue weighted by atomic mass is 14.2. The lowest BCUT2D eigenvalue weighted by atomic mass is 9.84. The van der Waals surface area contributed by atoms with Gasteiger partial charge in [0.2, 0.25) is 0 Å². The van der Waals surface area contributed by atoms with Gasteiger partial charge in [0.25, 0.3) is 0 Å². The van der Waals surface area contributed by atoms with Crippen molar-refractivity contribution in [3.05, 3.63) is 0 Å². The molecule has 0 amide bonds. The van der Waals surface area contributed by atoms with E-state index in [1.54, 1.807) is 0 Å². The molecule has 0 nitrogen and oxygen atoms in total. The summed E-state index contributed by atoms with van der Waals surface area (Å²) >= 11 is 0. The molecule has 0 aromatic rings. The minimum atomic E-state index is 0. The summed E-state index contributed by atoms with van der Waals surface area (Å²) in [5, 5.41) is 0. The molecule has 3 aliphatic rings. The maximum atomic E-state index is 2.37. The van der Waals surface area contributed by atoms with E-state index in [1.165, 1.54) is 77.0 Å². The van der Waals surface area contributed by atoms with E-state index in [2.05, 4.69) is 41.5 Å². The maximum absolute atomic E-state index is 2.37. The lowest BCUT2D eigenvalue weighted by Gasteiger charge is -2.22.